The summed E-state index contributed by atoms with van der Waals surface area (Å²) in [4.78, 5) is 26.6. The summed E-state index contributed by atoms with van der Waals surface area (Å²) in [5.74, 6) is -0.207. The maximum absolute atomic E-state index is 12.6. The fraction of sp³-hybridized carbons (Fsp3) is 0.500. The molecule has 1 aromatic rings. The van der Waals surface area contributed by atoms with Gasteiger partial charge in [0, 0.05) is 18.7 Å². The third kappa shape index (κ3) is 4.04. The monoisotopic (exact) mass is 290 g/mol. The first-order chi connectivity index (χ1) is 10.1. The third-order valence-corrected chi connectivity index (χ3v) is 3.58. The van der Waals surface area contributed by atoms with Crippen molar-refractivity contribution in [1.29, 1.82) is 0 Å². The van der Waals surface area contributed by atoms with Gasteiger partial charge in [0.05, 0.1) is 13.2 Å². The Morgan fingerprint density at radius 3 is 2.33 bits per heavy atom. The Balaban J connectivity index is 2.05. The highest BCUT2D eigenvalue weighted by molar-refractivity contribution is 5.97. The number of hydrogen-bond acceptors (Lipinski definition) is 3. The van der Waals surface area contributed by atoms with Gasteiger partial charge in [0.25, 0.3) is 5.91 Å². The van der Waals surface area contributed by atoms with Crippen LogP contribution in [0, 0.1) is 5.92 Å². The molecule has 0 unspecified atom stereocenters. The quantitative estimate of drug-likeness (QED) is 0.909. The molecule has 0 radical (unpaired) electrons. The summed E-state index contributed by atoms with van der Waals surface area (Å²) in [5.41, 5.74) is 0.568. The van der Waals surface area contributed by atoms with Crippen molar-refractivity contribution in [1.82, 2.24) is 10.2 Å². The van der Waals surface area contributed by atoms with Gasteiger partial charge in [0.1, 0.15) is 6.04 Å². The Labute approximate surface area is 125 Å². The zero-order chi connectivity index (χ0) is 15.2. The highest BCUT2D eigenvalue weighted by atomic mass is 16.5. The van der Waals surface area contributed by atoms with Crippen molar-refractivity contribution in [2.24, 2.45) is 5.92 Å². The standard InChI is InChI=1S/C16H22N2O3/c1-12(2)14(16(20)18-8-10-21-11-9-18)17-15(19)13-6-4-3-5-7-13/h3-7,12,14H,8-11H2,1-2H3,(H,17,19)/t14-/m0/s1. The van der Waals surface area contributed by atoms with Crippen molar-refractivity contribution in [3.8, 4) is 0 Å². The predicted octanol–water partition coefficient (Wildman–Crippen LogP) is 1.30. The van der Waals surface area contributed by atoms with Crippen LogP contribution in [0.2, 0.25) is 0 Å². The van der Waals surface area contributed by atoms with Crippen LogP contribution in [0.1, 0.15) is 24.2 Å². The Morgan fingerprint density at radius 1 is 1.14 bits per heavy atom. The average molecular weight is 290 g/mol. The van der Waals surface area contributed by atoms with E-state index in [1.54, 1.807) is 17.0 Å². The van der Waals surface area contributed by atoms with E-state index in [0.29, 0.717) is 31.9 Å². The van der Waals surface area contributed by atoms with E-state index in [1.807, 2.05) is 32.0 Å². The van der Waals surface area contributed by atoms with E-state index >= 15 is 0 Å². The largest absolute Gasteiger partial charge is 0.378 e. The topological polar surface area (TPSA) is 58.6 Å². The molecule has 21 heavy (non-hydrogen) atoms. The lowest BCUT2D eigenvalue weighted by Gasteiger charge is -2.32. The summed E-state index contributed by atoms with van der Waals surface area (Å²) >= 11 is 0. The van der Waals surface area contributed by atoms with Crippen LogP contribution in [0.25, 0.3) is 0 Å². The first kappa shape index (κ1) is 15.5. The van der Waals surface area contributed by atoms with Crippen LogP contribution in [0.5, 0.6) is 0 Å². The molecule has 2 rings (SSSR count). The average Bonchev–Trinajstić information content (AvgIpc) is 2.53. The lowest BCUT2D eigenvalue weighted by Crippen LogP contribution is -2.53. The van der Waals surface area contributed by atoms with Gasteiger partial charge < -0.3 is 15.0 Å². The molecule has 0 saturated carbocycles. The zero-order valence-electron chi connectivity index (χ0n) is 12.5. The first-order valence-corrected chi connectivity index (χ1v) is 7.32. The van der Waals surface area contributed by atoms with Crippen LogP contribution in [0.15, 0.2) is 30.3 Å². The van der Waals surface area contributed by atoms with Crippen LogP contribution >= 0.6 is 0 Å². The number of amides is 2. The Kier molecular flexibility index (Phi) is 5.33. The number of ether oxygens (including phenoxy) is 1. The first-order valence-electron chi connectivity index (χ1n) is 7.32. The van der Waals surface area contributed by atoms with Gasteiger partial charge in [-0.25, -0.2) is 0 Å². The van der Waals surface area contributed by atoms with Gasteiger partial charge in [0.15, 0.2) is 0 Å². The van der Waals surface area contributed by atoms with Crippen molar-refractivity contribution in [3.63, 3.8) is 0 Å². The number of carbonyl (C=O) groups is 2. The number of nitrogens with one attached hydrogen (secondary N) is 1. The van der Waals surface area contributed by atoms with Crippen molar-refractivity contribution >= 4 is 11.8 Å². The molecular formula is C16H22N2O3. The molecule has 0 aromatic heterocycles. The van der Waals surface area contributed by atoms with E-state index in [9.17, 15) is 9.59 Å². The van der Waals surface area contributed by atoms with Crippen LogP contribution in [-0.2, 0) is 9.53 Å². The molecule has 0 aliphatic carbocycles. The predicted molar refractivity (Wildman–Crippen MR) is 79.9 cm³/mol. The maximum atomic E-state index is 12.6. The molecule has 1 saturated heterocycles. The molecule has 5 heteroatoms. The van der Waals surface area contributed by atoms with Crippen LogP contribution < -0.4 is 5.32 Å². The van der Waals surface area contributed by atoms with E-state index < -0.39 is 6.04 Å². The fourth-order valence-corrected chi connectivity index (χ4v) is 2.31. The summed E-state index contributed by atoms with van der Waals surface area (Å²) in [7, 11) is 0. The molecule has 0 bridgehead atoms. The van der Waals surface area contributed by atoms with Crippen LogP contribution in [-0.4, -0.2) is 49.1 Å². The number of carbonyl (C=O) groups excluding carboxylic acids is 2. The van der Waals surface area contributed by atoms with E-state index in [2.05, 4.69) is 5.32 Å². The second-order valence-corrected chi connectivity index (χ2v) is 5.50. The second-order valence-electron chi connectivity index (χ2n) is 5.50. The lowest BCUT2D eigenvalue weighted by atomic mass is 10.0. The van der Waals surface area contributed by atoms with Gasteiger partial charge in [-0.2, -0.15) is 0 Å². The normalized spacial score (nSPS) is 16.6. The summed E-state index contributed by atoms with van der Waals surface area (Å²) in [6.07, 6.45) is 0. The summed E-state index contributed by atoms with van der Waals surface area (Å²) in [6.45, 7) is 6.17. The molecular weight excluding hydrogens is 268 g/mol. The molecule has 114 valence electrons. The molecule has 0 spiro atoms. The molecule has 1 fully saturated rings. The molecule has 1 aliphatic heterocycles. The van der Waals surface area contributed by atoms with Crippen LogP contribution in [0.3, 0.4) is 0 Å². The highest BCUT2D eigenvalue weighted by Crippen LogP contribution is 2.10. The SMILES string of the molecule is CC(C)[C@H](NC(=O)c1ccccc1)C(=O)N1CCOCC1. The van der Waals surface area contributed by atoms with Crippen LogP contribution in [0.4, 0.5) is 0 Å². The highest BCUT2D eigenvalue weighted by Gasteiger charge is 2.29. The Morgan fingerprint density at radius 2 is 1.76 bits per heavy atom. The second kappa shape index (κ2) is 7.22. The van der Waals surface area contributed by atoms with E-state index in [4.69, 9.17) is 4.74 Å². The zero-order valence-corrected chi connectivity index (χ0v) is 12.5. The van der Waals surface area contributed by atoms with Gasteiger partial charge in [-0.15, -0.1) is 0 Å². The molecule has 5 nitrogen and oxygen atoms in total. The number of rotatable bonds is 4. The lowest BCUT2D eigenvalue weighted by molar-refractivity contribution is -0.138. The van der Waals surface area contributed by atoms with Gasteiger partial charge >= 0.3 is 0 Å². The minimum Gasteiger partial charge on any atom is -0.378 e. The molecule has 1 aromatic carbocycles. The van der Waals surface area contributed by atoms with E-state index in [-0.39, 0.29) is 17.7 Å². The van der Waals surface area contributed by atoms with E-state index in [1.165, 1.54) is 0 Å². The number of benzene rings is 1. The van der Waals surface area contributed by atoms with Gasteiger partial charge in [-0.1, -0.05) is 32.0 Å². The van der Waals surface area contributed by atoms with E-state index in [0.717, 1.165) is 0 Å². The third-order valence-electron chi connectivity index (χ3n) is 3.58. The maximum Gasteiger partial charge on any atom is 0.251 e. The minimum atomic E-state index is -0.504. The Bertz CT molecular complexity index is 482. The Hall–Kier alpha value is -1.88. The summed E-state index contributed by atoms with van der Waals surface area (Å²) < 4.78 is 5.26. The van der Waals surface area contributed by atoms with Crippen molar-refractivity contribution < 1.29 is 14.3 Å². The van der Waals surface area contributed by atoms with Crippen molar-refractivity contribution in [2.75, 3.05) is 26.3 Å². The fourth-order valence-electron chi connectivity index (χ4n) is 2.31. The number of morpholine rings is 1. The van der Waals surface area contributed by atoms with Gasteiger partial charge in [-0.3, -0.25) is 9.59 Å². The van der Waals surface area contributed by atoms with Crippen molar-refractivity contribution in [2.45, 2.75) is 19.9 Å². The smallest absolute Gasteiger partial charge is 0.251 e. The molecule has 1 N–H and O–H groups in total. The molecule has 1 aliphatic rings. The molecule has 2 amide bonds. The number of nitrogens with zero attached hydrogens (tertiary/aromatic N) is 1. The number of hydrogen-bond donors (Lipinski definition) is 1. The van der Waals surface area contributed by atoms with Crippen molar-refractivity contribution in [3.05, 3.63) is 35.9 Å². The molecule has 1 heterocycles. The minimum absolute atomic E-state index is 0.0300. The summed E-state index contributed by atoms with van der Waals surface area (Å²) in [5, 5.41) is 2.86. The molecule has 1 atom stereocenters. The summed E-state index contributed by atoms with van der Waals surface area (Å²) in [6, 6.07) is 8.45. The van der Waals surface area contributed by atoms with Gasteiger partial charge in [0.2, 0.25) is 5.91 Å². The van der Waals surface area contributed by atoms with Gasteiger partial charge in [-0.05, 0) is 18.1 Å².